The Hall–Kier alpha value is -0.990. The summed E-state index contributed by atoms with van der Waals surface area (Å²) >= 11 is 0. The molecule has 86 valence electrons. The summed E-state index contributed by atoms with van der Waals surface area (Å²) in [6.07, 6.45) is 3.44. The smallest absolute Gasteiger partial charge is 0.127 e. The topological polar surface area (TPSA) is 43.8 Å². The van der Waals surface area contributed by atoms with Gasteiger partial charge in [-0.15, -0.1) is 0 Å². The molecule has 0 spiro atoms. The van der Waals surface area contributed by atoms with E-state index in [-0.39, 0.29) is 0 Å². The van der Waals surface area contributed by atoms with E-state index in [1.165, 1.54) is 6.42 Å². The Balaban J connectivity index is 2.95. The van der Waals surface area contributed by atoms with Gasteiger partial charge in [-0.25, -0.2) is 4.98 Å². The minimum Gasteiger partial charge on any atom is -0.384 e. The molecule has 0 aliphatic carbocycles. The third kappa shape index (κ3) is 2.52. The lowest BCUT2D eigenvalue weighted by molar-refractivity contribution is 0.649. The number of nitrogens with zero attached hydrogens (tertiary/aromatic N) is 2. The van der Waals surface area contributed by atoms with Crippen molar-refractivity contribution in [3.8, 4) is 0 Å². The summed E-state index contributed by atoms with van der Waals surface area (Å²) in [5.74, 6) is 2.40. The van der Waals surface area contributed by atoms with Crippen molar-refractivity contribution in [2.24, 2.45) is 0 Å². The maximum absolute atomic E-state index is 6.12. The van der Waals surface area contributed by atoms with E-state index >= 15 is 0 Å². The molecule has 1 rings (SSSR count). The molecule has 2 N–H and O–H groups in total. The first-order valence-electron chi connectivity index (χ1n) is 5.94. The Kier molecular flexibility index (Phi) is 4.18. The molecule has 1 heterocycles. The lowest BCUT2D eigenvalue weighted by Gasteiger charge is -2.09. The van der Waals surface area contributed by atoms with Gasteiger partial charge in [-0.1, -0.05) is 27.2 Å². The highest BCUT2D eigenvalue weighted by atomic mass is 15.1. The van der Waals surface area contributed by atoms with Gasteiger partial charge in [0.25, 0.3) is 0 Å². The summed E-state index contributed by atoms with van der Waals surface area (Å²) in [7, 11) is 0. The van der Waals surface area contributed by atoms with E-state index in [2.05, 4.69) is 30.3 Å². The van der Waals surface area contributed by atoms with Crippen LogP contribution in [0.1, 0.15) is 57.5 Å². The fraction of sp³-hybridized carbons (Fsp3) is 0.750. The zero-order valence-electron chi connectivity index (χ0n) is 10.4. The van der Waals surface area contributed by atoms with E-state index in [4.69, 9.17) is 5.73 Å². The third-order valence-electron chi connectivity index (χ3n) is 2.86. The van der Waals surface area contributed by atoms with Crippen molar-refractivity contribution in [3.05, 3.63) is 11.5 Å². The van der Waals surface area contributed by atoms with Gasteiger partial charge in [-0.2, -0.15) is 0 Å². The molecule has 0 radical (unpaired) electrons. The molecule has 1 unspecified atom stereocenters. The van der Waals surface area contributed by atoms with Crippen molar-refractivity contribution < 1.29 is 0 Å². The van der Waals surface area contributed by atoms with E-state index in [1.807, 2.05) is 6.92 Å². The molecular weight excluding hydrogens is 186 g/mol. The Morgan fingerprint density at radius 1 is 1.33 bits per heavy atom. The molecule has 0 amide bonds. The molecule has 0 aliphatic rings. The second-order valence-corrected chi connectivity index (χ2v) is 4.27. The van der Waals surface area contributed by atoms with E-state index < -0.39 is 0 Å². The Bertz CT molecular complexity index is 315. The van der Waals surface area contributed by atoms with Crippen LogP contribution < -0.4 is 5.73 Å². The van der Waals surface area contributed by atoms with Crippen molar-refractivity contribution >= 4 is 5.82 Å². The second kappa shape index (κ2) is 5.19. The van der Waals surface area contributed by atoms with E-state index in [0.717, 1.165) is 36.7 Å². The predicted octanol–water partition coefficient (Wildman–Crippen LogP) is 3.09. The summed E-state index contributed by atoms with van der Waals surface area (Å²) in [5, 5.41) is 0. The number of rotatable bonds is 5. The SMILES string of the molecule is CCCC(C)c1nc(C)n(CCC)c1N. The standard InChI is InChI=1S/C12H23N3/c1-5-7-9(3)11-12(13)15(8-6-2)10(4)14-11/h9H,5-8,13H2,1-4H3. The lowest BCUT2D eigenvalue weighted by atomic mass is 10.0. The van der Waals surface area contributed by atoms with Gasteiger partial charge in [0, 0.05) is 12.5 Å². The van der Waals surface area contributed by atoms with Crippen molar-refractivity contribution in [1.29, 1.82) is 0 Å². The van der Waals surface area contributed by atoms with Gasteiger partial charge in [0.15, 0.2) is 0 Å². The zero-order chi connectivity index (χ0) is 11.4. The van der Waals surface area contributed by atoms with Gasteiger partial charge in [0.2, 0.25) is 0 Å². The average molecular weight is 209 g/mol. The van der Waals surface area contributed by atoms with Gasteiger partial charge in [0.1, 0.15) is 11.6 Å². The summed E-state index contributed by atoms with van der Waals surface area (Å²) < 4.78 is 2.13. The van der Waals surface area contributed by atoms with Crippen molar-refractivity contribution in [1.82, 2.24) is 9.55 Å². The molecular formula is C12H23N3. The molecule has 1 aromatic heterocycles. The number of nitrogen functional groups attached to an aromatic ring is 1. The van der Waals surface area contributed by atoms with Gasteiger partial charge in [0.05, 0.1) is 5.69 Å². The van der Waals surface area contributed by atoms with Crippen LogP contribution in [0.4, 0.5) is 5.82 Å². The summed E-state index contributed by atoms with van der Waals surface area (Å²) in [5.41, 5.74) is 7.21. The molecule has 1 atom stereocenters. The van der Waals surface area contributed by atoms with Crippen molar-refractivity contribution in [3.63, 3.8) is 0 Å². The second-order valence-electron chi connectivity index (χ2n) is 4.27. The van der Waals surface area contributed by atoms with Crippen LogP contribution in [0.2, 0.25) is 0 Å². The first-order valence-corrected chi connectivity index (χ1v) is 5.94. The molecule has 0 aliphatic heterocycles. The number of imidazole rings is 1. The highest BCUT2D eigenvalue weighted by molar-refractivity contribution is 5.40. The van der Waals surface area contributed by atoms with Crippen LogP contribution >= 0.6 is 0 Å². The lowest BCUT2D eigenvalue weighted by Crippen LogP contribution is -2.06. The largest absolute Gasteiger partial charge is 0.384 e. The predicted molar refractivity (Wildman–Crippen MR) is 65.0 cm³/mol. The maximum Gasteiger partial charge on any atom is 0.127 e. The van der Waals surface area contributed by atoms with Gasteiger partial charge >= 0.3 is 0 Å². The van der Waals surface area contributed by atoms with Crippen molar-refractivity contribution in [2.45, 2.75) is 59.4 Å². The van der Waals surface area contributed by atoms with Gasteiger partial charge in [-0.3, -0.25) is 0 Å². The Morgan fingerprint density at radius 2 is 2.00 bits per heavy atom. The number of aryl methyl sites for hydroxylation is 1. The van der Waals surface area contributed by atoms with Gasteiger partial charge < -0.3 is 10.3 Å². The van der Waals surface area contributed by atoms with Crippen LogP contribution in [0.25, 0.3) is 0 Å². The molecule has 0 saturated heterocycles. The fourth-order valence-electron chi connectivity index (χ4n) is 2.04. The number of aromatic nitrogens is 2. The number of hydrogen-bond acceptors (Lipinski definition) is 2. The number of hydrogen-bond donors (Lipinski definition) is 1. The van der Waals surface area contributed by atoms with E-state index in [1.54, 1.807) is 0 Å². The Morgan fingerprint density at radius 3 is 2.53 bits per heavy atom. The first-order chi connectivity index (χ1) is 7.11. The first kappa shape index (κ1) is 12.1. The molecule has 3 nitrogen and oxygen atoms in total. The van der Waals surface area contributed by atoms with Crippen LogP contribution in [0.15, 0.2) is 0 Å². The Labute approximate surface area is 92.7 Å². The molecule has 3 heteroatoms. The molecule has 0 bridgehead atoms. The van der Waals surface area contributed by atoms with Crippen LogP contribution in [-0.4, -0.2) is 9.55 Å². The van der Waals surface area contributed by atoms with Crippen LogP contribution in [0.3, 0.4) is 0 Å². The summed E-state index contributed by atoms with van der Waals surface area (Å²) in [6, 6.07) is 0. The van der Waals surface area contributed by atoms with Crippen LogP contribution in [-0.2, 0) is 6.54 Å². The fourth-order valence-corrected chi connectivity index (χ4v) is 2.04. The molecule has 0 aromatic carbocycles. The molecule has 0 saturated carbocycles. The van der Waals surface area contributed by atoms with Gasteiger partial charge in [-0.05, 0) is 19.8 Å². The summed E-state index contributed by atoms with van der Waals surface area (Å²) in [6.45, 7) is 9.58. The molecule has 1 aromatic rings. The highest BCUT2D eigenvalue weighted by Gasteiger charge is 2.16. The molecule has 15 heavy (non-hydrogen) atoms. The monoisotopic (exact) mass is 209 g/mol. The quantitative estimate of drug-likeness (QED) is 0.810. The van der Waals surface area contributed by atoms with Crippen LogP contribution in [0.5, 0.6) is 0 Å². The highest BCUT2D eigenvalue weighted by Crippen LogP contribution is 2.26. The summed E-state index contributed by atoms with van der Waals surface area (Å²) in [4.78, 5) is 4.59. The molecule has 0 fully saturated rings. The maximum atomic E-state index is 6.12. The number of nitrogens with two attached hydrogens (primary N) is 1. The van der Waals surface area contributed by atoms with E-state index in [0.29, 0.717) is 5.92 Å². The average Bonchev–Trinajstić information content (AvgIpc) is 2.47. The minimum absolute atomic E-state index is 0.479. The third-order valence-corrected chi connectivity index (χ3v) is 2.86. The van der Waals surface area contributed by atoms with Crippen molar-refractivity contribution in [2.75, 3.05) is 5.73 Å². The normalized spacial score (nSPS) is 13.1. The number of anilines is 1. The zero-order valence-corrected chi connectivity index (χ0v) is 10.4. The minimum atomic E-state index is 0.479. The van der Waals surface area contributed by atoms with E-state index in [9.17, 15) is 0 Å². The van der Waals surface area contributed by atoms with Crippen LogP contribution in [0, 0.1) is 6.92 Å².